The van der Waals surface area contributed by atoms with Gasteiger partial charge < -0.3 is 19.7 Å². The van der Waals surface area contributed by atoms with Gasteiger partial charge in [-0.2, -0.15) is 0 Å². The minimum Gasteiger partial charge on any atom is -0.454 e. The minimum atomic E-state index is -0.640. The number of benzene rings is 2. The topological polar surface area (TPSA) is 84.9 Å². The maximum atomic E-state index is 12.2. The van der Waals surface area contributed by atoms with Gasteiger partial charge in [-0.05, 0) is 30.2 Å². The van der Waals surface area contributed by atoms with Crippen LogP contribution in [0, 0.1) is 0 Å². The maximum Gasteiger partial charge on any atom is 0.325 e. The van der Waals surface area contributed by atoms with Gasteiger partial charge in [-0.15, -0.1) is 0 Å². The Morgan fingerprint density at radius 1 is 1.07 bits per heavy atom. The van der Waals surface area contributed by atoms with Crippen molar-refractivity contribution in [3.8, 4) is 0 Å². The fraction of sp³-hybridized carbons (Fsp3) is 0.409. The molecule has 1 aliphatic rings. The van der Waals surface area contributed by atoms with Crippen molar-refractivity contribution in [2.45, 2.75) is 32.5 Å². The van der Waals surface area contributed by atoms with E-state index in [4.69, 9.17) is 9.47 Å². The molecule has 0 aliphatic carbocycles. The number of rotatable bonds is 6. The molecule has 0 saturated carbocycles. The van der Waals surface area contributed by atoms with Gasteiger partial charge in [0, 0.05) is 13.1 Å². The van der Waals surface area contributed by atoms with Gasteiger partial charge in [0.2, 0.25) is 5.91 Å². The normalized spacial score (nSPS) is 19.0. The van der Waals surface area contributed by atoms with Gasteiger partial charge in [0.05, 0.1) is 18.6 Å². The highest BCUT2D eigenvalue weighted by Gasteiger charge is 2.26. The fourth-order valence-electron chi connectivity index (χ4n) is 3.52. The monoisotopic (exact) mass is 398 g/mol. The first kappa shape index (κ1) is 20.8. The summed E-state index contributed by atoms with van der Waals surface area (Å²) in [5.41, 5.74) is 0.889. The van der Waals surface area contributed by atoms with E-state index in [9.17, 15) is 14.4 Å². The molecule has 1 heterocycles. The molecule has 0 aromatic heterocycles. The van der Waals surface area contributed by atoms with Crippen LogP contribution in [0.4, 0.5) is 0 Å². The van der Waals surface area contributed by atoms with E-state index in [2.05, 4.69) is 5.32 Å². The highest BCUT2D eigenvalue weighted by Crippen LogP contribution is 2.18. The van der Waals surface area contributed by atoms with Crippen LogP contribution < -0.4 is 5.32 Å². The molecule has 154 valence electrons. The van der Waals surface area contributed by atoms with Gasteiger partial charge in [0.25, 0.3) is 5.91 Å². The molecule has 0 spiro atoms. The number of nitrogens with one attached hydrogen (secondary N) is 1. The van der Waals surface area contributed by atoms with E-state index in [1.165, 1.54) is 0 Å². The predicted molar refractivity (Wildman–Crippen MR) is 108 cm³/mol. The zero-order chi connectivity index (χ0) is 20.8. The summed E-state index contributed by atoms with van der Waals surface area (Å²) in [6, 6.07) is 13.6. The molecule has 3 rings (SSSR count). The van der Waals surface area contributed by atoms with Gasteiger partial charge in [0.15, 0.2) is 6.61 Å². The Bertz CT molecular complexity index is 882. The first-order valence-corrected chi connectivity index (χ1v) is 9.74. The van der Waals surface area contributed by atoms with Crippen molar-refractivity contribution in [1.29, 1.82) is 0 Å². The summed E-state index contributed by atoms with van der Waals surface area (Å²) in [7, 11) is 0. The summed E-state index contributed by atoms with van der Waals surface area (Å²) in [4.78, 5) is 37.9. The number of carbonyl (C=O) groups excluding carboxylic acids is 3. The van der Waals surface area contributed by atoms with Crippen molar-refractivity contribution in [2.24, 2.45) is 0 Å². The number of nitrogens with zero attached hydrogens (tertiary/aromatic N) is 1. The van der Waals surface area contributed by atoms with Crippen LogP contribution in [0.15, 0.2) is 42.5 Å². The molecule has 7 heteroatoms. The Morgan fingerprint density at radius 2 is 1.76 bits per heavy atom. The molecule has 1 N–H and O–H groups in total. The molecule has 2 aromatic rings. The molecule has 2 aromatic carbocycles. The summed E-state index contributed by atoms with van der Waals surface area (Å²) in [5.74, 6) is -1.18. The Hall–Kier alpha value is -2.93. The molecule has 0 unspecified atom stereocenters. The Labute approximate surface area is 170 Å². The number of esters is 1. The summed E-state index contributed by atoms with van der Waals surface area (Å²) >= 11 is 0. The third-order valence-corrected chi connectivity index (χ3v) is 4.79. The minimum absolute atomic E-state index is 0.0493. The van der Waals surface area contributed by atoms with E-state index in [0.29, 0.717) is 13.1 Å². The molecule has 1 saturated heterocycles. The zero-order valence-electron chi connectivity index (χ0n) is 16.7. The van der Waals surface area contributed by atoms with Gasteiger partial charge in [-0.25, -0.2) is 0 Å². The number of ether oxygens (including phenoxy) is 2. The first-order valence-electron chi connectivity index (χ1n) is 9.74. The van der Waals surface area contributed by atoms with Crippen LogP contribution in [0.3, 0.4) is 0 Å². The van der Waals surface area contributed by atoms with Gasteiger partial charge in [-0.3, -0.25) is 14.4 Å². The van der Waals surface area contributed by atoms with Crippen LogP contribution in [0.1, 0.15) is 19.4 Å². The number of amides is 2. The highest BCUT2D eigenvalue weighted by molar-refractivity contribution is 5.91. The lowest BCUT2D eigenvalue weighted by molar-refractivity contribution is -0.156. The molecule has 1 aliphatic heterocycles. The van der Waals surface area contributed by atoms with Crippen molar-refractivity contribution in [1.82, 2.24) is 10.2 Å². The van der Waals surface area contributed by atoms with E-state index in [1.54, 1.807) is 4.90 Å². The van der Waals surface area contributed by atoms with E-state index in [0.717, 1.165) is 16.3 Å². The number of hydrogen-bond acceptors (Lipinski definition) is 5. The number of carbonyl (C=O) groups is 3. The quantitative estimate of drug-likeness (QED) is 0.749. The molecule has 1 fully saturated rings. The van der Waals surface area contributed by atoms with Crippen LogP contribution in [-0.2, 0) is 30.3 Å². The van der Waals surface area contributed by atoms with Crippen LogP contribution >= 0.6 is 0 Å². The van der Waals surface area contributed by atoms with Crippen molar-refractivity contribution < 1.29 is 23.9 Å². The molecule has 0 bridgehead atoms. The van der Waals surface area contributed by atoms with Crippen LogP contribution in [-0.4, -0.2) is 61.1 Å². The molecular weight excluding hydrogens is 372 g/mol. The van der Waals surface area contributed by atoms with E-state index < -0.39 is 5.97 Å². The van der Waals surface area contributed by atoms with Gasteiger partial charge in [0.1, 0.15) is 6.54 Å². The average Bonchev–Trinajstić information content (AvgIpc) is 2.70. The number of morpholine rings is 1. The molecule has 2 atom stereocenters. The number of fused-ring (bicyclic) bond motifs is 1. The van der Waals surface area contributed by atoms with Crippen LogP contribution in [0.2, 0.25) is 0 Å². The zero-order valence-corrected chi connectivity index (χ0v) is 16.7. The van der Waals surface area contributed by atoms with E-state index >= 15 is 0 Å². The SMILES string of the molecule is C[C@@H]1CN(C(=O)COC(=O)CNC(=O)Cc2cccc3ccccc23)C[C@H](C)O1. The lowest BCUT2D eigenvalue weighted by Gasteiger charge is -2.35. The van der Waals surface area contributed by atoms with Gasteiger partial charge >= 0.3 is 5.97 Å². The third kappa shape index (κ3) is 5.77. The molecule has 2 amide bonds. The van der Waals surface area contributed by atoms with Crippen LogP contribution in [0.25, 0.3) is 10.8 Å². The Kier molecular flexibility index (Phi) is 6.82. The van der Waals surface area contributed by atoms with Crippen LogP contribution in [0.5, 0.6) is 0 Å². The van der Waals surface area contributed by atoms with E-state index in [-0.39, 0.29) is 43.6 Å². The predicted octanol–water partition coefficient (Wildman–Crippen LogP) is 1.68. The lowest BCUT2D eigenvalue weighted by Crippen LogP contribution is -2.49. The van der Waals surface area contributed by atoms with Gasteiger partial charge in [-0.1, -0.05) is 42.5 Å². The fourth-order valence-corrected chi connectivity index (χ4v) is 3.52. The summed E-state index contributed by atoms with van der Waals surface area (Å²) in [6.07, 6.45) is 0.0652. The first-order chi connectivity index (χ1) is 13.9. The lowest BCUT2D eigenvalue weighted by atomic mass is 10.0. The standard InChI is InChI=1S/C22H26N2O5/c1-15-12-24(13-16(2)29-15)21(26)14-28-22(27)11-23-20(25)10-18-8-5-7-17-6-3-4-9-19(17)18/h3-9,15-16H,10-14H2,1-2H3,(H,23,25)/t15-,16+. The Balaban J connectivity index is 1.43. The average molecular weight is 398 g/mol. The highest BCUT2D eigenvalue weighted by atomic mass is 16.5. The number of hydrogen-bond donors (Lipinski definition) is 1. The van der Waals surface area contributed by atoms with Crippen molar-refractivity contribution in [2.75, 3.05) is 26.2 Å². The maximum absolute atomic E-state index is 12.2. The molecule has 29 heavy (non-hydrogen) atoms. The molecule has 7 nitrogen and oxygen atoms in total. The third-order valence-electron chi connectivity index (χ3n) is 4.79. The van der Waals surface area contributed by atoms with Crippen molar-refractivity contribution >= 4 is 28.6 Å². The second kappa shape index (κ2) is 9.52. The molecule has 0 radical (unpaired) electrons. The van der Waals surface area contributed by atoms with Crippen molar-refractivity contribution in [3.63, 3.8) is 0 Å². The summed E-state index contributed by atoms with van der Waals surface area (Å²) in [6.45, 7) is 4.14. The summed E-state index contributed by atoms with van der Waals surface area (Å²) < 4.78 is 10.6. The largest absolute Gasteiger partial charge is 0.454 e. The van der Waals surface area contributed by atoms with Crippen molar-refractivity contribution in [3.05, 3.63) is 48.0 Å². The summed E-state index contributed by atoms with van der Waals surface area (Å²) in [5, 5.41) is 4.62. The van der Waals surface area contributed by atoms with E-state index in [1.807, 2.05) is 56.3 Å². The smallest absolute Gasteiger partial charge is 0.325 e. The second-order valence-corrected chi connectivity index (χ2v) is 7.31. The second-order valence-electron chi connectivity index (χ2n) is 7.31. The molecular formula is C22H26N2O5. The Morgan fingerprint density at radius 3 is 2.52 bits per heavy atom.